The lowest BCUT2D eigenvalue weighted by Crippen LogP contribution is -2.46. The van der Waals surface area contributed by atoms with Crippen molar-refractivity contribution in [2.45, 2.75) is 19.8 Å². The number of unbranched alkanes of at least 4 members (excludes halogenated alkanes) is 1. The Labute approximate surface area is 131 Å². The number of hydrogen-bond donors (Lipinski definition) is 0. The van der Waals surface area contributed by atoms with Crippen molar-refractivity contribution in [1.29, 1.82) is 0 Å². The van der Waals surface area contributed by atoms with Crippen molar-refractivity contribution in [2.75, 3.05) is 6.61 Å². The zero-order valence-electron chi connectivity index (χ0n) is 11.5. The van der Waals surface area contributed by atoms with Crippen LogP contribution in [0.5, 0.6) is 0 Å². The topological polar surface area (TPSA) is 9.23 Å². The molecule has 0 amide bonds. The number of benzene rings is 2. The summed E-state index contributed by atoms with van der Waals surface area (Å²) < 4.78 is 6.05. The summed E-state index contributed by atoms with van der Waals surface area (Å²) in [6, 6.07) is 15.5. The van der Waals surface area contributed by atoms with Gasteiger partial charge in [-0.05, 0) is 29.5 Å². The molecule has 0 heterocycles. The fourth-order valence-electron chi connectivity index (χ4n) is 2.07. The lowest BCUT2D eigenvalue weighted by Gasteiger charge is -2.17. The fourth-order valence-corrected chi connectivity index (χ4v) is 2.54. The van der Waals surface area contributed by atoms with Crippen LogP contribution in [-0.2, 0) is 4.65 Å². The molecular weight excluding hydrogens is 290 g/mol. The van der Waals surface area contributed by atoms with E-state index in [1.54, 1.807) is 0 Å². The van der Waals surface area contributed by atoms with E-state index < -0.39 is 0 Å². The van der Waals surface area contributed by atoms with E-state index in [0.29, 0.717) is 16.7 Å². The van der Waals surface area contributed by atoms with Crippen LogP contribution in [-0.4, -0.2) is 13.5 Å². The van der Waals surface area contributed by atoms with Crippen LogP contribution >= 0.6 is 23.2 Å². The third-order valence-electron chi connectivity index (χ3n) is 3.16. The molecule has 0 aromatic heterocycles. The third kappa shape index (κ3) is 3.79. The molecule has 20 heavy (non-hydrogen) atoms. The average Bonchev–Trinajstić information content (AvgIpc) is 2.46. The van der Waals surface area contributed by atoms with Crippen LogP contribution in [0.2, 0.25) is 10.0 Å². The van der Waals surface area contributed by atoms with Crippen molar-refractivity contribution in [3.8, 4) is 0 Å². The van der Waals surface area contributed by atoms with Gasteiger partial charge in [-0.2, -0.15) is 0 Å². The van der Waals surface area contributed by atoms with Gasteiger partial charge in [-0.1, -0.05) is 72.9 Å². The number of hydrogen-bond acceptors (Lipinski definition) is 1. The van der Waals surface area contributed by atoms with Gasteiger partial charge in [0.05, 0.1) is 0 Å². The minimum atomic E-state index is -0.219. The van der Waals surface area contributed by atoms with Crippen LogP contribution < -0.4 is 10.9 Å². The first kappa shape index (κ1) is 15.4. The smallest absolute Gasteiger partial charge is 0.364 e. The molecule has 0 saturated heterocycles. The van der Waals surface area contributed by atoms with Gasteiger partial charge >= 0.3 is 6.92 Å². The molecule has 0 unspecified atom stereocenters. The van der Waals surface area contributed by atoms with Gasteiger partial charge < -0.3 is 4.65 Å². The first-order valence-electron chi connectivity index (χ1n) is 6.84. The second-order valence-corrected chi connectivity index (χ2v) is 5.46. The molecule has 2 aromatic rings. The van der Waals surface area contributed by atoms with E-state index in [0.717, 1.165) is 23.8 Å². The molecule has 0 aliphatic rings. The van der Waals surface area contributed by atoms with Gasteiger partial charge in [0.15, 0.2) is 0 Å². The summed E-state index contributed by atoms with van der Waals surface area (Å²) in [7, 11) is 0. The summed E-state index contributed by atoms with van der Waals surface area (Å²) in [5, 5.41) is 1.41. The molecule has 2 rings (SSSR count). The Hall–Kier alpha value is -0.955. The van der Waals surface area contributed by atoms with Gasteiger partial charge in [-0.25, -0.2) is 0 Å². The number of halogens is 2. The summed E-state index contributed by atoms with van der Waals surface area (Å²) in [4.78, 5) is 0. The number of rotatable bonds is 6. The van der Waals surface area contributed by atoms with E-state index in [1.807, 2.05) is 48.5 Å². The van der Waals surface area contributed by atoms with Crippen molar-refractivity contribution in [3.05, 3.63) is 58.6 Å². The Morgan fingerprint density at radius 1 is 0.900 bits per heavy atom. The molecule has 0 spiro atoms. The average molecular weight is 307 g/mol. The van der Waals surface area contributed by atoms with Gasteiger partial charge in [0.25, 0.3) is 0 Å². The van der Waals surface area contributed by atoms with E-state index in [1.165, 1.54) is 0 Å². The summed E-state index contributed by atoms with van der Waals surface area (Å²) in [5.41, 5.74) is 1.91. The Balaban J connectivity index is 2.35. The molecule has 0 aliphatic heterocycles. The standard InChI is InChI=1S/C16H17BCl2O/c1-2-3-12-20-17(13-8-4-6-10-15(13)18)14-9-5-7-11-16(14)19/h4-11H,2-3,12H2,1H3. The molecule has 0 saturated carbocycles. The highest BCUT2D eigenvalue weighted by Gasteiger charge is 2.25. The highest BCUT2D eigenvalue weighted by atomic mass is 35.5. The minimum absolute atomic E-state index is 0.219. The Morgan fingerprint density at radius 3 is 1.85 bits per heavy atom. The predicted molar refractivity (Wildman–Crippen MR) is 88.8 cm³/mol. The summed E-state index contributed by atoms with van der Waals surface area (Å²) >= 11 is 12.6. The largest absolute Gasteiger partial charge is 0.427 e. The van der Waals surface area contributed by atoms with Crippen LogP contribution in [0.3, 0.4) is 0 Å². The molecule has 0 aliphatic carbocycles. The maximum atomic E-state index is 6.31. The van der Waals surface area contributed by atoms with E-state index in [2.05, 4.69) is 6.92 Å². The van der Waals surface area contributed by atoms with Crippen molar-refractivity contribution >= 4 is 41.0 Å². The van der Waals surface area contributed by atoms with E-state index in [4.69, 9.17) is 27.9 Å². The molecule has 0 fully saturated rings. The maximum absolute atomic E-state index is 6.31. The lowest BCUT2D eigenvalue weighted by molar-refractivity contribution is 0.324. The highest BCUT2D eigenvalue weighted by molar-refractivity contribution is 6.83. The Morgan fingerprint density at radius 2 is 1.40 bits per heavy atom. The monoisotopic (exact) mass is 306 g/mol. The molecule has 0 bridgehead atoms. The minimum Gasteiger partial charge on any atom is -0.427 e. The van der Waals surface area contributed by atoms with Gasteiger partial charge in [0.1, 0.15) is 0 Å². The SMILES string of the molecule is CCCCOB(c1ccccc1Cl)c1ccccc1Cl. The second kappa shape index (κ2) is 7.73. The van der Waals surface area contributed by atoms with Crippen LogP contribution in [0.15, 0.2) is 48.5 Å². The molecule has 4 heteroatoms. The van der Waals surface area contributed by atoms with Crippen molar-refractivity contribution in [2.24, 2.45) is 0 Å². The van der Waals surface area contributed by atoms with Gasteiger partial charge in [0.2, 0.25) is 0 Å². The van der Waals surface area contributed by atoms with Crippen molar-refractivity contribution in [3.63, 3.8) is 0 Å². The molecule has 104 valence electrons. The van der Waals surface area contributed by atoms with Crippen LogP contribution in [0.4, 0.5) is 0 Å². The quantitative estimate of drug-likeness (QED) is 0.581. The third-order valence-corrected chi connectivity index (χ3v) is 3.85. The summed E-state index contributed by atoms with van der Waals surface area (Å²) in [6.07, 6.45) is 2.11. The van der Waals surface area contributed by atoms with Gasteiger partial charge in [0, 0.05) is 16.7 Å². The van der Waals surface area contributed by atoms with Crippen molar-refractivity contribution in [1.82, 2.24) is 0 Å². The van der Waals surface area contributed by atoms with Crippen LogP contribution in [0.1, 0.15) is 19.8 Å². The lowest BCUT2D eigenvalue weighted by atomic mass is 9.55. The Kier molecular flexibility index (Phi) is 5.96. The fraction of sp³-hybridized carbons (Fsp3) is 0.250. The first-order chi connectivity index (χ1) is 9.74. The first-order valence-corrected chi connectivity index (χ1v) is 7.60. The predicted octanol–water partition coefficient (Wildman–Crippen LogP) is 3.92. The van der Waals surface area contributed by atoms with Crippen LogP contribution in [0, 0.1) is 0 Å². The van der Waals surface area contributed by atoms with Crippen molar-refractivity contribution < 1.29 is 4.65 Å². The van der Waals surface area contributed by atoms with Crippen LogP contribution in [0.25, 0.3) is 0 Å². The van der Waals surface area contributed by atoms with E-state index in [9.17, 15) is 0 Å². The molecular formula is C16H17BCl2O. The zero-order valence-corrected chi connectivity index (χ0v) is 13.0. The normalized spacial score (nSPS) is 10.6. The zero-order chi connectivity index (χ0) is 14.4. The molecule has 0 radical (unpaired) electrons. The van der Waals surface area contributed by atoms with Gasteiger partial charge in [-0.15, -0.1) is 0 Å². The summed E-state index contributed by atoms with van der Waals surface area (Å²) in [6.45, 7) is 2.62. The molecule has 0 atom stereocenters. The maximum Gasteiger partial charge on any atom is 0.364 e. The molecule has 0 N–H and O–H groups in total. The van der Waals surface area contributed by atoms with E-state index >= 15 is 0 Å². The highest BCUT2D eigenvalue weighted by Crippen LogP contribution is 2.11. The van der Waals surface area contributed by atoms with Gasteiger partial charge in [-0.3, -0.25) is 0 Å². The Bertz CT molecular complexity index is 514. The molecule has 2 aromatic carbocycles. The summed E-state index contributed by atoms with van der Waals surface area (Å²) in [5.74, 6) is 0. The molecule has 1 nitrogen and oxygen atoms in total. The second-order valence-electron chi connectivity index (χ2n) is 4.65. The van der Waals surface area contributed by atoms with E-state index in [-0.39, 0.29) is 6.92 Å².